The Morgan fingerprint density at radius 2 is 1.90 bits per heavy atom. The van der Waals surface area contributed by atoms with Gasteiger partial charge >= 0.3 is 0 Å². The number of aliphatic imine (C=N–C) groups is 1. The molecule has 0 unspecified atom stereocenters. The van der Waals surface area contributed by atoms with Crippen LogP contribution in [0.4, 0.5) is 11.6 Å². The van der Waals surface area contributed by atoms with Crippen molar-refractivity contribution in [2.75, 3.05) is 30.4 Å². The number of carbonyl (C=O) groups excluding carboxylic acids is 1. The lowest BCUT2D eigenvalue weighted by atomic mass is 10.0. The quantitative estimate of drug-likeness (QED) is 0.637. The minimum atomic E-state index is -0.187. The zero-order chi connectivity index (χ0) is 20.9. The molecule has 0 bridgehead atoms. The number of pyridine rings is 2. The summed E-state index contributed by atoms with van der Waals surface area (Å²) in [5.41, 5.74) is 2.70. The van der Waals surface area contributed by atoms with Gasteiger partial charge in [0, 0.05) is 49.7 Å². The number of hydrogen-bond donors (Lipinski definition) is 1. The minimum Gasteiger partial charge on any atom is -0.357 e. The van der Waals surface area contributed by atoms with E-state index in [9.17, 15) is 4.79 Å². The Morgan fingerprint density at radius 1 is 1.07 bits per heavy atom. The Hall–Kier alpha value is -3.54. The standard InChI is InChI=1S/C24H25N5O/c1-3-17(15-25-2)18-6-7-20-16-27-22(13-21(20)12-18)28-24(30)19-8-9-26-23(14-19)29-10-4-5-11-29/h3,6-9,12-16H,4-5,10-11H2,1-2H3,(H,27,28,30)/b17-3+,25-15?. The summed E-state index contributed by atoms with van der Waals surface area (Å²) in [6, 6.07) is 11.6. The number of hydrogen-bond acceptors (Lipinski definition) is 5. The van der Waals surface area contributed by atoms with E-state index in [1.54, 1.807) is 25.5 Å². The first-order valence-corrected chi connectivity index (χ1v) is 10.2. The number of anilines is 2. The summed E-state index contributed by atoms with van der Waals surface area (Å²) >= 11 is 0. The highest BCUT2D eigenvalue weighted by molar-refractivity contribution is 6.11. The van der Waals surface area contributed by atoms with Gasteiger partial charge in [-0.3, -0.25) is 9.79 Å². The Bertz CT molecular complexity index is 1130. The number of aromatic nitrogens is 2. The van der Waals surface area contributed by atoms with Crippen LogP contribution in [-0.4, -0.2) is 42.2 Å². The number of nitrogens with one attached hydrogen (secondary N) is 1. The topological polar surface area (TPSA) is 70.5 Å². The van der Waals surface area contributed by atoms with Crippen LogP contribution < -0.4 is 10.2 Å². The molecule has 6 nitrogen and oxygen atoms in total. The minimum absolute atomic E-state index is 0.187. The Labute approximate surface area is 176 Å². The molecule has 1 aliphatic heterocycles. The first kappa shape index (κ1) is 19.8. The van der Waals surface area contributed by atoms with Crippen molar-refractivity contribution in [1.82, 2.24) is 9.97 Å². The number of amides is 1. The third-order valence-electron chi connectivity index (χ3n) is 5.31. The Morgan fingerprint density at radius 3 is 2.67 bits per heavy atom. The second-order valence-corrected chi connectivity index (χ2v) is 7.31. The van der Waals surface area contributed by atoms with Gasteiger partial charge in [0.15, 0.2) is 0 Å². The van der Waals surface area contributed by atoms with E-state index in [1.807, 2.05) is 37.4 Å². The van der Waals surface area contributed by atoms with E-state index in [4.69, 9.17) is 0 Å². The van der Waals surface area contributed by atoms with Crippen molar-refractivity contribution in [2.45, 2.75) is 19.8 Å². The number of rotatable bonds is 5. The maximum Gasteiger partial charge on any atom is 0.257 e. The van der Waals surface area contributed by atoms with Crippen LogP contribution in [0.2, 0.25) is 0 Å². The largest absolute Gasteiger partial charge is 0.357 e. The zero-order valence-electron chi connectivity index (χ0n) is 17.3. The zero-order valence-corrected chi connectivity index (χ0v) is 17.3. The molecule has 0 atom stereocenters. The molecule has 1 N–H and O–H groups in total. The van der Waals surface area contributed by atoms with Crippen molar-refractivity contribution in [3.05, 3.63) is 66.0 Å². The molecule has 0 saturated carbocycles. The van der Waals surface area contributed by atoms with Crippen LogP contribution in [0.15, 0.2) is 59.9 Å². The molecule has 152 valence electrons. The van der Waals surface area contributed by atoms with Crippen LogP contribution in [0.1, 0.15) is 35.7 Å². The van der Waals surface area contributed by atoms with Gasteiger partial charge in [-0.05, 0) is 60.6 Å². The lowest BCUT2D eigenvalue weighted by Gasteiger charge is -2.16. The molecule has 6 heteroatoms. The van der Waals surface area contributed by atoms with E-state index >= 15 is 0 Å². The van der Waals surface area contributed by atoms with Crippen LogP contribution >= 0.6 is 0 Å². The van der Waals surface area contributed by atoms with E-state index in [1.165, 1.54) is 12.8 Å². The van der Waals surface area contributed by atoms with Crippen LogP contribution in [0.25, 0.3) is 16.3 Å². The maximum atomic E-state index is 12.8. The molecule has 2 aromatic heterocycles. The van der Waals surface area contributed by atoms with Gasteiger partial charge in [0.05, 0.1) is 0 Å². The third kappa shape index (κ3) is 4.22. The average Bonchev–Trinajstić information content (AvgIpc) is 3.32. The van der Waals surface area contributed by atoms with Crippen LogP contribution in [0.3, 0.4) is 0 Å². The normalized spacial score (nSPS) is 14.6. The number of carbonyl (C=O) groups is 1. The first-order valence-electron chi connectivity index (χ1n) is 10.2. The molecule has 4 rings (SSSR count). The fourth-order valence-electron chi connectivity index (χ4n) is 3.71. The van der Waals surface area contributed by atoms with Crippen LogP contribution in [-0.2, 0) is 0 Å². The van der Waals surface area contributed by atoms with Crippen molar-refractivity contribution in [3.8, 4) is 0 Å². The summed E-state index contributed by atoms with van der Waals surface area (Å²) in [6.45, 7) is 3.97. The highest BCUT2D eigenvalue weighted by atomic mass is 16.1. The fourth-order valence-corrected chi connectivity index (χ4v) is 3.71. The molecule has 0 spiro atoms. The van der Waals surface area contributed by atoms with Gasteiger partial charge in [0.2, 0.25) is 0 Å². The van der Waals surface area contributed by atoms with Crippen molar-refractivity contribution < 1.29 is 4.79 Å². The highest BCUT2D eigenvalue weighted by Crippen LogP contribution is 2.23. The van der Waals surface area contributed by atoms with Gasteiger partial charge < -0.3 is 10.2 Å². The van der Waals surface area contributed by atoms with Gasteiger partial charge in [-0.25, -0.2) is 9.97 Å². The Balaban J connectivity index is 1.57. The second kappa shape index (κ2) is 8.86. The molecule has 1 aliphatic rings. The monoisotopic (exact) mass is 399 g/mol. The van der Waals surface area contributed by atoms with Crippen LogP contribution in [0.5, 0.6) is 0 Å². The maximum absolute atomic E-state index is 12.8. The van der Waals surface area contributed by atoms with E-state index in [-0.39, 0.29) is 5.91 Å². The molecular formula is C24H25N5O. The lowest BCUT2D eigenvalue weighted by molar-refractivity contribution is 0.102. The number of fused-ring (bicyclic) bond motifs is 1. The lowest BCUT2D eigenvalue weighted by Crippen LogP contribution is -2.20. The molecule has 30 heavy (non-hydrogen) atoms. The fraction of sp³-hybridized carbons (Fsp3) is 0.250. The van der Waals surface area contributed by atoms with E-state index in [0.29, 0.717) is 11.4 Å². The molecule has 0 aliphatic carbocycles. The second-order valence-electron chi connectivity index (χ2n) is 7.31. The van der Waals surface area contributed by atoms with E-state index < -0.39 is 0 Å². The first-order chi connectivity index (χ1) is 14.7. The summed E-state index contributed by atoms with van der Waals surface area (Å²) in [7, 11) is 1.76. The van der Waals surface area contributed by atoms with Crippen molar-refractivity contribution in [3.63, 3.8) is 0 Å². The van der Waals surface area contributed by atoms with Gasteiger partial charge in [-0.2, -0.15) is 0 Å². The van der Waals surface area contributed by atoms with Crippen molar-refractivity contribution in [1.29, 1.82) is 0 Å². The van der Waals surface area contributed by atoms with E-state index in [2.05, 4.69) is 37.3 Å². The van der Waals surface area contributed by atoms with Gasteiger partial charge in [-0.15, -0.1) is 0 Å². The number of allylic oxidation sites excluding steroid dienone is 2. The molecule has 1 saturated heterocycles. The molecule has 3 aromatic rings. The SMILES string of the molecule is C/C=C(\C=NC)c1ccc2cnc(NC(=O)c3ccnc(N4CCCC4)c3)cc2c1. The van der Waals surface area contributed by atoms with Gasteiger partial charge in [0.25, 0.3) is 5.91 Å². The van der Waals surface area contributed by atoms with Crippen LogP contribution in [0, 0.1) is 0 Å². The molecule has 1 amide bonds. The number of nitrogens with zero attached hydrogens (tertiary/aromatic N) is 4. The highest BCUT2D eigenvalue weighted by Gasteiger charge is 2.16. The summed E-state index contributed by atoms with van der Waals surface area (Å²) in [4.78, 5) is 28.0. The molecule has 3 heterocycles. The summed E-state index contributed by atoms with van der Waals surface area (Å²) in [5, 5.41) is 4.94. The Kier molecular flexibility index (Phi) is 5.84. The number of benzene rings is 1. The smallest absolute Gasteiger partial charge is 0.257 e. The third-order valence-corrected chi connectivity index (χ3v) is 5.31. The molecule has 0 radical (unpaired) electrons. The average molecular weight is 399 g/mol. The van der Waals surface area contributed by atoms with Crippen molar-refractivity contribution >= 4 is 40.1 Å². The predicted octanol–water partition coefficient (Wildman–Crippen LogP) is 4.59. The summed E-state index contributed by atoms with van der Waals surface area (Å²) in [6.07, 6.45) is 9.67. The predicted molar refractivity (Wildman–Crippen MR) is 123 cm³/mol. The summed E-state index contributed by atoms with van der Waals surface area (Å²) < 4.78 is 0. The van der Waals surface area contributed by atoms with Gasteiger partial charge in [-0.1, -0.05) is 18.2 Å². The van der Waals surface area contributed by atoms with E-state index in [0.717, 1.165) is 40.8 Å². The van der Waals surface area contributed by atoms with Crippen molar-refractivity contribution in [2.24, 2.45) is 4.99 Å². The molecule has 1 aromatic carbocycles. The summed E-state index contributed by atoms with van der Waals surface area (Å²) in [5.74, 6) is 1.19. The van der Waals surface area contributed by atoms with Gasteiger partial charge in [0.1, 0.15) is 11.6 Å². The molecular weight excluding hydrogens is 374 g/mol. The molecule has 1 fully saturated rings.